The van der Waals surface area contributed by atoms with Crippen LogP contribution in [0.4, 0.5) is 0 Å². The van der Waals surface area contributed by atoms with Gasteiger partial charge in [-0.1, -0.05) is 0 Å². The standard InChI is InChI=1S/C12H21N3O4/c1-19-7-6-13-11(17)4-5-14-12(18)9-2-3-10(16)15-8-9/h9H,2-8H2,1H3,(H,13,17)(H,14,18)(H,15,16). The lowest BCUT2D eigenvalue weighted by atomic mass is 9.98. The molecule has 3 N–H and O–H groups in total. The third-order valence-electron chi connectivity index (χ3n) is 2.92. The van der Waals surface area contributed by atoms with Crippen LogP contribution in [0.1, 0.15) is 19.3 Å². The molecule has 1 rings (SSSR count). The van der Waals surface area contributed by atoms with Gasteiger partial charge in [0, 0.05) is 39.6 Å². The average molecular weight is 271 g/mol. The molecule has 0 aliphatic carbocycles. The SMILES string of the molecule is COCCNC(=O)CCNC(=O)C1CCC(=O)NC1. The van der Waals surface area contributed by atoms with Gasteiger partial charge in [0.15, 0.2) is 0 Å². The van der Waals surface area contributed by atoms with Gasteiger partial charge in [-0.3, -0.25) is 14.4 Å². The maximum atomic E-state index is 11.7. The number of hydrogen-bond donors (Lipinski definition) is 3. The zero-order valence-electron chi connectivity index (χ0n) is 11.2. The van der Waals surface area contributed by atoms with E-state index in [1.54, 1.807) is 7.11 Å². The first-order valence-corrected chi connectivity index (χ1v) is 6.43. The van der Waals surface area contributed by atoms with Crippen LogP contribution in [0.15, 0.2) is 0 Å². The largest absolute Gasteiger partial charge is 0.383 e. The van der Waals surface area contributed by atoms with Gasteiger partial charge >= 0.3 is 0 Å². The monoisotopic (exact) mass is 271 g/mol. The quantitative estimate of drug-likeness (QED) is 0.506. The van der Waals surface area contributed by atoms with Crippen LogP contribution in [0.25, 0.3) is 0 Å². The molecule has 0 aromatic rings. The fraction of sp³-hybridized carbons (Fsp3) is 0.750. The lowest BCUT2D eigenvalue weighted by Gasteiger charge is -2.21. The van der Waals surface area contributed by atoms with Gasteiger partial charge in [0.2, 0.25) is 17.7 Å². The van der Waals surface area contributed by atoms with Crippen LogP contribution in [0.5, 0.6) is 0 Å². The van der Waals surface area contributed by atoms with Gasteiger partial charge in [-0.25, -0.2) is 0 Å². The summed E-state index contributed by atoms with van der Waals surface area (Å²) in [6.07, 6.45) is 1.20. The Morgan fingerprint density at radius 2 is 2.16 bits per heavy atom. The lowest BCUT2D eigenvalue weighted by Crippen LogP contribution is -2.43. The maximum Gasteiger partial charge on any atom is 0.224 e. The number of ether oxygens (including phenoxy) is 1. The first kappa shape index (κ1) is 15.4. The molecular weight excluding hydrogens is 250 g/mol. The van der Waals surface area contributed by atoms with E-state index in [0.29, 0.717) is 39.1 Å². The van der Waals surface area contributed by atoms with E-state index in [1.165, 1.54) is 0 Å². The predicted octanol–water partition coefficient (Wildman–Crippen LogP) is -1.22. The van der Waals surface area contributed by atoms with E-state index < -0.39 is 0 Å². The van der Waals surface area contributed by atoms with Crippen LogP contribution in [0.2, 0.25) is 0 Å². The van der Waals surface area contributed by atoms with E-state index in [4.69, 9.17) is 4.74 Å². The second-order valence-electron chi connectivity index (χ2n) is 4.42. The molecule has 0 spiro atoms. The fourth-order valence-electron chi connectivity index (χ4n) is 1.78. The molecule has 0 aromatic heterocycles. The first-order chi connectivity index (χ1) is 9.13. The molecular formula is C12H21N3O4. The summed E-state index contributed by atoms with van der Waals surface area (Å²) in [5.41, 5.74) is 0. The highest BCUT2D eigenvalue weighted by molar-refractivity contribution is 5.84. The van der Waals surface area contributed by atoms with Crippen molar-refractivity contribution in [1.82, 2.24) is 16.0 Å². The molecule has 7 heteroatoms. The molecule has 0 aromatic carbocycles. The van der Waals surface area contributed by atoms with Crippen molar-refractivity contribution >= 4 is 17.7 Å². The van der Waals surface area contributed by atoms with Crippen molar-refractivity contribution in [2.24, 2.45) is 5.92 Å². The van der Waals surface area contributed by atoms with Crippen molar-refractivity contribution in [3.05, 3.63) is 0 Å². The molecule has 0 radical (unpaired) electrons. The number of rotatable bonds is 7. The number of hydrogen-bond acceptors (Lipinski definition) is 4. The number of carbonyl (C=O) groups excluding carboxylic acids is 3. The van der Waals surface area contributed by atoms with Gasteiger partial charge in [-0.2, -0.15) is 0 Å². The minimum absolute atomic E-state index is 0.0124. The summed E-state index contributed by atoms with van der Waals surface area (Å²) in [5, 5.41) is 8.03. The second-order valence-corrected chi connectivity index (χ2v) is 4.42. The molecule has 3 amide bonds. The molecule has 0 bridgehead atoms. The van der Waals surface area contributed by atoms with Crippen molar-refractivity contribution in [3.8, 4) is 0 Å². The van der Waals surface area contributed by atoms with Crippen LogP contribution in [-0.2, 0) is 19.1 Å². The average Bonchev–Trinajstić information content (AvgIpc) is 2.39. The second kappa shape index (κ2) is 8.47. The van der Waals surface area contributed by atoms with Crippen molar-refractivity contribution in [1.29, 1.82) is 0 Å². The van der Waals surface area contributed by atoms with Gasteiger partial charge in [0.1, 0.15) is 0 Å². The molecule has 1 aliphatic rings. The molecule has 1 saturated heterocycles. The summed E-state index contributed by atoms with van der Waals surface area (Å²) in [6, 6.07) is 0. The number of carbonyl (C=O) groups is 3. The number of amides is 3. The number of nitrogens with one attached hydrogen (secondary N) is 3. The third kappa shape index (κ3) is 6.19. The molecule has 7 nitrogen and oxygen atoms in total. The van der Waals surface area contributed by atoms with E-state index in [0.717, 1.165) is 0 Å². The molecule has 1 atom stereocenters. The summed E-state index contributed by atoms with van der Waals surface area (Å²) in [7, 11) is 1.56. The first-order valence-electron chi connectivity index (χ1n) is 6.43. The predicted molar refractivity (Wildman–Crippen MR) is 68.2 cm³/mol. The number of piperidine rings is 1. The Bertz CT molecular complexity index is 323. The summed E-state index contributed by atoms with van der Waals surface area (Å²) >= 11 is 0. The van der Waals surface area contributed by atoms with Gasteiger partial charge in [0.05, 0.1) is 12.5 Å². The normalized spacial score (nSPS) is 18.6. The zero-order valence-corrected chi connectivity index (χ0v) is 11.2. The van der Waals surface area contributed by atoms with Gasteiger partial charge < -0.3 is 20.7 Å². The lowest BCUT2D eigenvalue weighted by molar-refractivity contribution is -0.128. The van der Waals surface area contributed by atoms with E-state index in [-0.39, 0.29) is 30.1 Å². The Kier molecular flexibility index (Phi) is 6.88. The van der Waals surface area contributed by atoms with E-state index >= 15 is 0 Å². The minimum Gasteiger partial charge on any atom is -0.383 e. The van der Waals surface area contributed by atoms with Crippen LogP contribution < -0.4 is 16.0 Å². The van der Waals surface area contributed by atoms with E-state index in [1.807, 2.05) is 0 Å². The topological polar surface area (TPSA) is 96.5 Å². The fourth-order valence-corrected chi connectivity index (χ4v) is 1.78. The van der Waals surface area contributed by atoms with Crippen LogP contribution in [0.3, 0.4) is 0 Å². The molecule has 1 unspecified atom stereocenters. The van der Waals surface area contributed by atoms with Gasteiger partial charge in [-0.15, -0.1) is 0 Å². The molecule has 1 heterocycles. The Balaban J connectivity index is 2.09. The van der Waals surface area contributed by atoms with Crippen molar-refractivity contribution in [2.75, 3.05) is 33.4 Å². The highest BCUT2D eigenvalue weighted by Gasteiger charge is 2.23. The molecule has 19 heavy (non-hydrogen) atoms. The van der Waals surface area contributed by atoms with Crippen LogP contribution >= 0.6 is 0 Å². The highest BCUT2D eigenvalue weighted by Crippen LogP contribution is 2.10. The Hall–Kier alpha value is -1.63. The third-order valence-corrected chi connectivity index (χ3v) is 2.92. The van der Waals surface area contributed by atoms with E-state index in [9.17, 15) is 14.4 Å². The highest BCUT2D eigenvalue weighted by atomic mass is 16.5. The Morgan fingerprint density at radius 3 is 2.79 bits per heavy atom. The van der Waals surface area contributed by atoms with Gasteiger partial charge in [-0.05, 0) is 6.42 Å². The summed E-state index contributed by atoms with van der Waals surface area (Å²) < 4.78 is 4.80. The van der Waals surface area contributed by atoms with Crippen LogP contribution in [-0.4, -0.2) is 51.1 Å². The molecule has 1 fully saturated rings. The minimum atomic E-state index is -0.186. The Morgan fingerprint density at radius 1 is 1.37 bits per heavy atom. The van der Waals surface area contributed by atoms with Gasteiger partial charge in [0.25, 0.3) is 0 Å². The van der Waals surface area contributed by atoms with Crippen molar-refractivity contribution in [3.63, 3.8) is 0 Å². The molecule has 1 aliphatic heterocycles. The summed E-state index contributed by atoms with van der Waals surface area (Å²) in [4.78, 5) is 34.0. The van der Waals surface area contributed by atoms with Crippen molar-refractivity contribution < 1.29 is 19.1 Å². The molecule has 108 valence electrons. The Labute approximate surface area is 112 Å². The summed E-state index contributed by atoms with van der Waals surface area (Å²) in [5.74, 6) is -0.421. The zero-order chi connectivity index (χ0) is 14.1. The number of methoxy groups -OCH3 is 1. The summed E-state index contributed by atoms with van der Waals surface area (Å²) in [6.45, 7) is 1.63. The molecule has 0 saturated carbocycles. The smallest absolute Gasteiger partial charge is 0.224 e. The maximum absolute atomic E-state index is 11.7. The van der Waals surface area contributed by atoms with E-state index in [2.05, 4.69) is 16.0 Å². The van der Waals surface area contributed by atoms with Crippen molar-refractivity contribution in [2.45, 2.75) is 19.3 Å². The van der Waals surface area contributed by atoms with Crippen LogP contribution in [0, 0.1) is 5.92 Å².